The summed E-state index contributed by atoms with van der Waals surface area (Å²) < 4.78 is 27.2. The van der Waals surface area contributed by atoms with Gasteiger partial charge in [-0.25, -0.2) is 8.42 Å². The molecular formula is C15H19NO4S. The molecule has 0 atom stereocenters. The van der Waals surface area contributed by atoms with Gasteiger partial charge in [-0.2, -0.15) is 4.72 Å². The van der Waals surface area contributed by atoms with E-state index in [-0.39, 0.29) is 17.9 Å². The van der Waals surface area contributed by atoms with Crippen LogP contribution in [0.2, 0.25) is 0 Å². The Labute approximate surface area is 125 Å². The number of hydrogen-bond acceptors (Lipinski definition) is 3. The molecule has 0 saturated heterocycles. The minimum atomic E-state index is -3.71. The summed E-state index contributed by atoms with van der Waals surface area (Å²) in [6.07, 6.45) is -0.199. The van der Waals surface area contributed by atoms with Gasteiger partial charge in [-0.1, -0.05) is 12.0 Å². The van der Waals surface area contributed by atoms with Crippen molar-refractivity contribution in [2.24, 2.45) is 0 Å². The molecule has 0 aliphatic carbocycles. The molecule has 2 N–H and O–H groups in total. The van der Waals surface area contributed by atoms with E-state index in [1.165, 1.54) is 0 Å². The third kappa shape index (κ3) is 4.06. The Kier molecular flexibility index (Phi) is 5.53. The molecule has 0 heterocycles. The van der Waals surface area contributed by atoms with Crippen LogP contribution in [0.3, 0.4) is 0 Å². The first-order valence-electron chi connectivity index (χ1n) is 6.41. The molecule has 1 rings (SSSR count). The van der Waals surface area contributed by atoms with Crippen LogP contribution in [0.25, 0.3) is 0 Å². The van der Waals surface area contributed by atoms with Crippen molar-refractivity contribution >= 4 is 16.0 Å². The van der Waals surface area contributed by atoms with Gasteiger partial charge in [0.2, 0.25) is 10.0 Å². The van der Waals surface area contributed by atoms with Crippen molar-refractivity contribution in [3.05, 3.63) is 28.3 Å². The number of aryl methyl sites for hydroxylation is 2. The number of benzene rings is 1. The summed E-state index contributed by atoms with van der Waals surface area (Å²) in [5.41, 5.74) is 2.39. The molecule has 0 fully saturated rings. The van der Waals surface area contributed by atoms with Crippen molar-refractivity contribution in [1.29, 1.82) is 0 Å². The van der Waals surface area contributed by atoms with Gasteiger partial charge in [0.1, 0.15) is 0 Å². The molecule has 114 valence electrons. The van der Waals surface area contributed by atoms with E-state index in [4.69, 9.17) is 5.11 Å². The largest absolute Gasteiger partial charge is 0.481 e. The van der Waals surface area contributed by atoms with Gasteiger partial charge in [0, 0.05) is 0 Å². The quantitative estimate of drug-likeness (QED) is 0.808. The highest BCUT2D eigenvalue weighted by Crippen LogP contribution is 2.26. The molecule has 1 aromatic rings. The molecule has 1 aromatic carbocycles. The summed E-state index contributed by atoms with van der Waals surface area (Å²) in [7, 11) is -3.71. The van der Waals surface area contributed by atoms with E-state index in [2.05, 4.69) is 16.6 Å². The lowest BCUT2D eigenvalue weighted by Gasteiger charge is -2.16. The van der Waals surface area contributed by atoms with Crippen molar-refractivity contribution in [1.82, 2.24) is 4.72 Å². The fourth-order valence-electron chi connectivity index (χ4n) is 2.33. The molecule has 0 aliphatic rings. The van der Waals surface area contributed by atoms with Crippen LogP contribution >= 0.6 is 0 Å². The van der Waals surface area contributed by atoms with Crippen molar-refractivity contribution in [3.8, 4) is 11.8 Å². The lowest BCUT2D eigenvalue weighted by Crippen LogP contribution is -2.26. The van der Waals surface area contributed by atoms with Gasteiger partial charge in [-0.05, 0) is 49.9 Å². The number of nitrogens with one attached hydrogen (secondary N) is 1. The van der Waals surface area contributed by atoms with Gasteiger partial charge in [0.15, 0.2) is 0 Å². The first-order chi connectivity index (χ1) is 9.70. The number of carboxylic acid groups (broad SMARTS) is 1. The Hall–Kier alpha value is -1.84. The van der Waals surface area contributed by atoms with Gasteiger partial charge < -0.3 is 5.11 Å². The van der Waals surface area contributed by atoms with E-state index >= 15 is 0 Å². The first kappa shape index (κ1) is 17.2. The molecule has 0 saturated carbocycles. The minimum Gasteiger partial charge on any atom is -0.481 e. The van der Waals surface area contributed by atoms with Crippen LogP contribution in [0.15, 0.2) is 11.0 Å². The molecule has 0 aromatic heterocycles. The maximum absolute atomic E-state index is 12.4. The average Bonchev–Trinajstić information content (AvgIpc) is 2.33. The summed E-state index contributed by atoms with van der Waals surface area (Å²) in [5.74, 6) is 4.26. The highest BCUT2D eigenvalue weighted by atomic mass is 32.2. The van der Waals surface area contributed by atoms with E-state index in [0.29, 0.717) is 16.7 Å². The lowest BCUT2D eigenvalue weighted by atomic mass is 9.97. The molecule has 21 heavy (non-hydrogen) atoms. The van der Waals surface area contributed by atoms with E-state index in [0.717, 1.165) is 5.56 Å². The highest BCUT2D eigenvalue weighted by molar-refractivity contribution is 7.89. The third-order valence-corrected chi connectivity index (χ3v) is 4.87. The summed E-state index contributed by atoms with van der Waals surface area (Å²) in [6.45, 7) is 6.77. The highest BCUT2D eigenvalue weighted by Gasteiger charge is 2.22. The number of aliphatic carboxylic acids is 1. The van der Waals surface area contributed by atoms with Crippen molar-refractivity contribution in [3.63, 3.8) is 0 Å². The first-order valence-corrected chi connectivity index (χ1v) is 7.89. The Morgan fingerprint density at radius 3 is 2.43 bits per heavy atom. The molecule has 0 aliphatic heterocycles. The van der Waals surface area contributed by atoms with Crippen molar-refractivity contribution in [2.45, 2.75) is 39.0 Å². The zero-order valence-electron chi connectivity index (χ0n) is 12.6. The smallest absolute Gasteiger partial charge is 0.307 e. The van der Waals surface area contributed by atoms with E-state index in [1.54, 1.807) is 33.8 Å². The van der Waals surface area contributed by atoms with Gasteiger partial charge >= 0.3 is 5.97 Å². The summed E-state index contributed by atoms with van der Waals surface area (Å²) in [4.78, 5) is 11.1. The van der Waals surface area contributed by atoms with E-state index in [1.807, 2.05) is 0 Å². The molecule has 0 amide bonds. The maximum Gasteiger partial charge on any atom is 0.307 e. The lowest BCUT2D eigenvalue weighted by molar-refractivity contribution is -0.136. The van der Waals surface area contributed by atoms with Crippen LogP contribution in [0, 0.1) is 32.6 Å². The minimum absolute atomic E-state index is 0.0276. The Balaban J connectivity index is 3.41. The molecule has 5 nitrogen and oxygen atoms in total. The summed E-state index contributed by atoms with van der Waals surface area (Å²) in [5, 5.41) is 8.97. The SMILES string of the molecule is CC#CCNS(=O)(=O)c1c(C)cc(C)c(CC(=O)O)c1C. The fraction of sp³-hybridized carbons (Fsp3) is 0.400. The predicted molar refractivity (Wildman–Crippen MR) is 80.6 cm³/mol. The van der Waals surface area contributed by atoms with Crippen molar-refractivity contribution < 1.29 is 18.3 Å². The number of carboxylic acids is 1. The number of sulfonamides is 1. The molecule has 0 radical (unpaired) electrons. The van der Waals surface area contributed by atoms with Crippen LogP contribution in [-0.2, 0) is 21.2 Å². The zero-order valence-corrected chi connectivity index (χ0v) is 13.4. The second-order valence-corrected chi connectivity index (χ2v) is 6.47. The van der Waals surface area contributed by atoms with Gasteiger partial charge in [-0.3, -0.25) is 4.79 Å². The summed E-state index contributed by atoms with van der Waals surface area (Å²) in [6, 6.07) is 1.70. The molecular weight excluding hydrogens is 290 g/mol. The van der Waals surface area contributed by atoms with Crippen LogP contribution < -0.4 is 4.72 Å². The van der Waals surface area contributed by atoms with Crippen LogP contribution in [0.4, 0.5) is 0 Å². The topological polar surface area (TPSA) is 83.5 Å². The molecule has 0 spiro atoms. The predicted octanol–water partition coefficient (Wildman–Crippen LogP) is 1.54. The van der Waals surface area contributed by atoms with Gasteiger partial charge in [0.05, 0.1) is 17.9 Å². The van der Waals surface area contributed by atoms with Crippen LogP contribution in [-0.4, -0.2) is 26.0 Å². The van der Waals surface area contributed by atoms with Gasteiger partial charge in [0.25, 0.3) is 0 Å². The van der Waals surface area contributed by atoms with Crippen LogP contribution in [0.5, 0.6) is 0 Å². The fourth-order valence-corrected chi connectivity index (χ4v) is 3.75. The Bertz CT molecular complexity index is 724. The van der Waals surface area contributed by atoms with E-state index in [9.17, 15) is 13.2 Å². The van der Waals surface area contributed by atoms with Gasteiger partial charge in [-0.15, -0.1) is 5.92 Å². The van der Waals surface area contributed by atoms with Crippen molar-refractivity contribution in [2.75, 3.05) is 6.54 Å². The number of rotatable bonds is 5. The molecule has 6 heteroatoms. The third-order valence-electron chi connectivity index (χ3n) is 3.18. The molecule has 0 bridgehead atoms. The second kappa shape index (κ2) is 6.74. The Morgan fingerprint density at radius 2 is 1.90 bits per heavy atom. The number of carbonyl (C=O) groups is 1. The average molecular weight is 309 g/mol. The maximum atomic E-state index is 12.4. The standard InChI is InChI=1S/C15H19NO4S/c1-5-6-7-16-21(19,20)15-11(3)8-10(2)13(12(15)4)9-14(17)18/h8,16H,7,9H2,1-4H3,(H,17,18). The zero-order chi connectivity index (χ0) is 16.2. The van der Waals surface area contributed by atoms with Crippen LogP contribution in [0.1, 0.15) is 29.2 Å². The second-order valence-electron chi connectivity index (χ2n) is 4.76. The Morgan fingerprint density at radius 1 is 1.29 bits per heavy atom. The monoisotopic (exact) mass is 309 g/mol. The van der Waals surface area contributed by atoms with E-state index < -0.39 is 16.0 Å². The summed E-state index contributed by atoms with van der Waals surface area (Å²) >= 11 is 0. The normalized spacial score (nSPS) is 10.9. The molecule has 0 unspecified atom stereocenters. The number of hydrogen-bond donors (Lipinski definition) is 2.